The molecule has 0 saturated heterocycles. The molecule has 1 atom stereocenters. The van der Waals surface area contributed by atoms with Crippen molar-refractivity contribution in [3.05, 3.63) is 54.1 Å². The molecule has 2 rings (SSSR count). The Morgan fingerprint density at radius 2 is 1.80 bits per heavy atom. The SMILES string of the molecule is CCC(Oc1cccc(OC)c1)C(=O)NCCOc1cccc(C)c1. The molecule has 0 bridgehead atoms. The van der Waals surface area contributed by atoms with Crippen molar-refractivity contribution in [2.45, 2.75) is 26.4 Å². The summed E-state index contributed by atoms with van der Waals surface area (Å²) in [5.74, 6) is 1.95. The zero-order valence-electron chi connectivity index (χ0n) is 15.0. The van der Waals surface area contributed by atoms with Crippen molar-refractivity contribution in [1.82, 2.24) is 5.32 Å². The summed E-state index contributed by atoms with van der Waals surface area (Å²) in [4.78, 5) is 12.3. The van der Waals surface area contributed by atoms with Crippen LogP contribution in [0.1, 0.15) is 18.9 Å². The molecule has 1 unspecified atom stereocenters. The van der Waals surface area contributed by atoms with Crippen LogP contribution in [0.2, 0.25) is 0 Å². The number of carbonyl (C=O) groups excluding carboxylic acids is 1. The van der Waals surface area contributed by atoms with E-state index < -0.39 is 6.10 Å². The first-order valence-corrected chi connectivity index (χ1v) is 8.40. The second-order valence-electron chi connectivity index (χ2n) is 5.65. The average Bonchev–Trinajstić information content (AvgIpc) is 2.63. The Morgan fingerprint density at radius 1 is 1.08 bits per heavy atom. The standard InChI is InChI=1S/C20H25NO4/c1-4-19(25-18-10-6-8-16(14-18)23-3)20(22)21-11-12-24-17-9-5-7-15(2)13-17/h5-10,13-14,19H,4,11-12H2,1-3H3,(H,21,22). The third-order valence-electron chi connectivity index (χ3n) is 3.64. The van der Waals surface area contributed by atoms with Crippen LogP contribution in [0.5, 0.6) is 17.2 Å². The van der Waals surface area contributed by atoms with Crippen molar-refractivity contribution in [2.75, 3.05) is 20.3 Å². The maximum atomic E-state index is 12.3. The first-order valence-electron chi connectivity index (χ1n) is 8.40. The number of hydrogen-bond acceptors (Lipinski definition) is 4. The molecular weight excluding hydrogens is 318 g/mol. The van der Waals surface area contributed by atoms with E-state index >= 15 is 0 Å². The number of ether oxygens (including phenoxy) is 3. The molecule has 5 nitrogen and oxygen atoms in total. The topological polar surface area (TPSA) is 56.8 Å². The van der Waals surface area contributed by atoms with E-state index in [0.29, 0.717) is 31.1 Å². The molecule has 0 aliphatic carbocycles. The second-order valence-corrected chi connectivity index (χ2v) is 5.65. The molecule has 5 heteroatoms. The summed E-state index contributed by atoms with van der Waals surface area (Å²) in [6.07, 6.45) is 0.0213. The smallest absolute Gasteiger partial charge is 0.261 e. The van der Waals surface area contributed by atoms with Gasteiger partial charge in [0, 0.05) is 6.07 Å². The van der Waals surface area contributed by atoms with Gasteiger partial charge in [-0.1, -0.05) is 25.1 Å². The van der Waals surface area contributed by atoms with E-state index in [1.165, 1.54) is 0 Å². The minimum Gasteiger partial charge on any atom is -0.497 e. The van der Waals surface area contributed by atoms with Crippen molar-refractivity contribution in [2.24, 2.45) is 0 Å². The number of methoxy groups -OCH3 is 1. The van der Waals surface area contributed by atoms with Gasteiger partial charge in [0.15, 0.2) is 6.10 Å². The van der Waals surface area contributed by atoms with Crippen LogP contribution in [0.4, 0.5) is 0 Å². The Bertz CT molecular complexity index is 687. The highest BCUT2D eigenvalue weighted by Crippen LogP contribution is 2.20. The molecule has 1 N–H and O–H groups in total. The number of nitrogens with one attached hydrogen (secondary N) is 1. The van der Waals surface area contributed by atoms with Gasteiger partial charge in [0.05, 0.1) is 13.7 Å². The van der Waals surface area contributed by atoms with Crippen LogP contribution in [0.3, 0.4) is 0 Å². The van der Waals surface area contributed by atoms with Crippen LogP contribution < -0.4 is 19.5 Å². The maximum absolute atomic E-state index is 12.3. The molecule has 2 aromatic carbocycles. The first kappa shape index (κ1) is 18.6. The molecule has 0 aliphatic heterocycles. The Hall–Kier alpha value is -2.69. The summed E-state index contributed by atoms with van der Waals surface area (Å²) in [5, 5.41) is 2.85. The van der Waals surface area contributed by atoms with E-state index in [1.54, 1.807) is 19.2 Å². The third-order valence-corrected chi connectivity index (χ3v) is 3.64. The summed E-state index contributed by atoms with van der Waals surface area (Å²) < 4.78 is 16.6. The van der Waals surface area contributed by atoms with Crippen LogP contribution in [-0.2, 0) is 4.79 Å². The normalized spacial score (nSPS) is 11.5. The van der Waals surface area contributed by atoms with E-state index in [1.807, 2.05) is 50.2 Å². The Kier molecular flexibility index (Phi) is 7.14. The fourth-order valence-corrected chi connectivity index (χ4v) is 2.32. The summed E-state index contributed by atoms with van der Waals surface area (Å²) in [7, 11) is 1.59. The number of rotatable bonds is 9. The van der Waals surface area contributed by atoms with Gasteiger partial charge in [-0.05, 0) is 43.2 Å². The molecule has 0 radical (unpaired) electrons. The van der Waals surface area contributed by atoms with Crippen LogP contribution >= 0.6 is 0 Å². The molecule has 0 saturated carbocycles. The van der Waals surface area contributed by atoms with E-state index in [0.717, 1.165) is 11.3 Å². The van der Waals surface area contributed by atoms with E-state index in [9.17, 15) is 4.79 Å². The van der Waals surface area contributed by atoms with E-state index in [-0.39, 0.29) is 5.91 Å². The molecule has 0 aliphatic rings. The molecule has 1 amide bonds. The number of carbonyl (C=O) groups is 1. The lowest BCUT2D eigenvalue weighted by Crippen LogP contribution is -2.39. The van der Waals surface area contributed by atoms with Crippen molar-refractivity contribution in [1.29, 1.82) is 0 Å². The fourth-order valence-electron chi connectivity index (χ4n) is 2.32. The Labute approximate surface area is 148 Å². The number of benzene rings is 2. The lowest BCUT2D eigenvalue weighted by Gasteiger charge is -2.17. The predicted octanol–water partition coefficient (Wildman–Crippen LogP) is 3.36. The maximum Gasteiger partial charge on any atom is 0.261 e. The van der Waals surface area contributed by atoms with E-state index in [2.05, 4.69) is 5.32 Å². The van der Waals surface area contributed by atoms with Gasteiger partial charge in [-0.25, -0.2) is 0 Å². The highest BCUT2D eigenvalue weighted by molar-refractivity contribution is 5.81. The summed E-state index contributed by atoms with van der Waals surface area (Å²) >= 11 is 0. The number of hydrogen-bond donors (Lipinski definition) is 1. The molecule has 0 heterocycles. The van der Waals surface area contributed by atoms with Gasteiger partial charge in [0.2, 0.25) is 0 Å². The van der Waals surface area contributed by atoms with Gasteiger partial charge in [-0.15, -0.1) is 0 Å². The van der Waals surface area contributed by atoms with Crippen LogP contribution in [0, 0.1) is 6.92 Å². The largest absolute Gasteiger partial charge is 0.497 e. The molecule has 134 valence electrons. The molecule has 0 fully saturated rings. The fraction of sp³-hybridized carbons (Fsp3) is 0.350. The summed E-state index contributed by atoms with van der Waals surface area (Å²) in [6, 6.07) is 15.0. The first-order chi connectivity index (χ1) is 12.1. The second kappa shape index (κ2) is 9.57. The van der Waals surface area contributed by atoms with Crippen LogP contribution in [0.15, 0.2) is 48.5 Å². The number of amides is 1. The highest BCUT2D eigenvalue weighted by Gasteiger charge is 2.18. The number of aryl methyl sites for hydroxylation is 1. The minimum atomic E-state index is -0.550. The van der Waals surface area contributed by atoms with Gasteiger partial charge < -0.3 is 19.5 Å². The zero-order chi connectivity index (χ0) is 18.1. The van der Waals surface area contributed by atoms with Crippen molar-refractivity contribution in [3.63, 3.8) is 0 Å². The minimum absolute atomic E-state index is 0.154. The molecular formula is C20H25NO4. The summed E-state index contributed by atoms with van der Waals surface area (Å²) in [6.45, 7) is 4.75. The zero-order valence-corrected chi connectivity index (χ0v) is 15.0. The van der Waals surface area contributed by atoms with Gasteiger partial charge in [0.25, 0.3) is 5.91 Å². The summed E-state index contributed by atoms with van der Waals surface area (Å²) in [5.41, 5.74) is 1.14. The van der Waals surface area contributed by atoms with Crippen molar-refractivity contribution >= 4 is 5.91 Å². The molecule has 0 spiro atoms. The monoisotopic (exact) mass is 343 g/mol. The van der Waals surface area contributed by atoms with Gasteiger partial charge in [0.1, 0.15) is 23.9 Å². The van der Waals surface area contributed by atoms with Crippen molar-refractivity contribution in [3.8, 4) is 17.2 Å². The third kappa shape index (κ3) is 6.03. The highest BCUT2D eigenvalue weighted by atomic mass is 16.5. The van der Waals surface area contributed by atoms with E-state index in [4.69, 9.17) is 14.2 Å². The van der Waals surface area contributed by atoms with Gasteiger partial charge in [-0.2, -0.15) is 0 Å². The quantitative estimate of drug-likeness (QED) is 0.710. The molecule has 0 aromatic heterocycles. The van der Waals surface area contributed by atoms with Crippen LogP contribution in [-0.4, -0.2) is 32.3 Å². The molecule has 2 aromatic rings. The van der Waals surface area contributed by atoms with Crippen LogP contribution in [0.25, 0.3) is 0 Å². The van der Waals surface area contributed by atoms with Gasteiger partial charge in [-0.3, -0.25) is 4.79 Å². The lowest BCUT2D eigenvalue weighted by atomic mass is 10.2. The Morgan fingerprint density at radius 3 is 2.52 bits per heavy atom. The lowest BCUT2D eigenvalue weighted by molar-refractivity contribution is -0.128. The Balaban J connectivity index is 1.79. The molecule has 25 heavy (non-hydrogen) atoms. The predicted molar refractivity (Wildman–Crippen MR) is 97.4 cm³/mol. The van der Waals surface area contributed by atoms with Crippen molar-refractivity contribution < 1.29 is 19.0 Å². The average molecular weight is 343 g/mol. The van der Waals surface area contributed by atoms with Gasteiger partial charge >= 0.3 is 0 Å².